The lowest BCUT2D eigenvalue weighted by Crippen LogP contribution is -2.16. The van der Waals surface area contributed by atoms with Crippen molar-refractivity contribution >= 4 is 28.3 Å². The Hall–Kier alpha value is -4.39. The highest BCUT2D eigenvalue weighted by Gasteiger charge is 2.22. The van der Waals surface area contributed by atoms with Gasteiger partial charge in [0, 0.05) is 28.6 Å². The SMILES string of the molecule is Cc1ccc(-c2nc3ccc(C)cc3c(C(=O)OCC(=O)c3cccc([N+](=O)[O-])c3)c2C)cc1. The maximum atomic E-state index is 13.2. The number of nitro groups is 1. The highest BCUT2D eigenvalue weighted by Crippen LogP contribution is 2.31. The van der Waals surface area contributed by atoms with Crippen LogP contribution in [0.2, 0.25) is 0 Å². The van der Waals surface area contributed by atoms with Crippen LogP contribution >= 0.6 is 0 Å². The molecule has 0 aliphatic rings. The normalized spacial score (nSPS) is 10.8. The van der Waals surface area contributed by atoms with Crippen molar-refractivity contribution in [2.24, 2.45) is 0 Å². The van der Waals surface area contributed by atoms with Gasteiger partial charge in [-0.15, -0.1) is 0 Å². The molecule has 0 N–H and O–H groups in total. The Morgan fingerprint density at radius 1 is 0.941 bits per heavy atom. The molecule has 1 aromatic heterocycles. The Morgan fingerprint density at radius 2 is 1.65 bits per heavy atom. The number of carbonyl (C=O) groups is 2. The molecule has 7 nitrogen and oxygen atoms in total. The molecule has 1 heterocycles. The summed E-state index contributed by atoms with van der Waals surface area (Å²) in [5.74, 6) is -1.18. The molecule has 7 heteroatoms. The molecule has 4 rings (SSSR count). The van der Waals surface area contributed by atoms with E-state index in [2.05, 4.69) is 0 Å². The highest BCUT2D eigenvalue weighted by molar-refractivity contribution is 6.08. The van der Waals surface area contributed by atoms with Crippen molar-refractivity contribution in [2.75, 3.05) is 6.61 Å². The topological polar surface area (TPSA) is 99.4 Å². The fourth-order valence-electron chi connectivity index (χ4n) is 3.81. The van der Waals surface area contributed by atoms with E-state index in [-0.39, 0.29) is 11.3 Å². The Kier molecular flexibility index (Phi) is 6.19. The van der Waals surface area contributed by atoms with Crippen LogP contribution in [-0.4, -0.2) is 28.3 Å². The van der Waals surface area contributed by atoms with Crippen LogP contribution in [0.5, 0.6) is 0 Å². The van der Waals surface area contributed by atoms with Crippen molar-refractivity contribution in [2.45, 2.75) is 20.8 Å². The van der Waals surface area contributed by atoms with Gasteiger partial charge in [-0.2, -0.15) is 0 Å². The number of aryl methyl sites for hydroxylation is 2. The third-order valence-electron chi connectivity index (χ3n) is 5.63. The minimum absolute atomic E-state index is 0.106. The van der Waals surface area contributed by atoms with Gasteiger partial charge < -0.3 is 4.74 Å². The maximum absolute atomic E-state index is 13.2. The van der Waals surface area contributed by atoms with Crippen LogP contribution in [0.25, 0.3) is 22.2 Å². The second-order valence-corrected chi connectivity index (χ2v) is 8.15. The van der Waals surface area contributed by atoms with Gasteiger partial charge in [0.15, 0.2) is 6.61 Å². The Bertz CT molecular complexity index is 1440. The summed E-state index contributed by atoms with van der Waals surface area (Å²) in [7, 11) is 0. The number of Topliss-reactive ketones (excluding diaryl/α,β-unsaturated/α-hetero) is 1. The molecule has 0 spiro atoms. The van der Waals surface area contributed by atoms with Crippen LogP contribution in [0.1, 0.15) is 37.4 Å². The van der Waals surface area contributed by atoms with Crippen molar-refractivity contribution in [1.29, 1.82) is 0 Å². The van der Waals surface area contributed by atoms with Crippen molar-refractivity contribution in [1.82, 2.24) is 4.98 Å². The van der Waals surface area contributed by atoms with E-state index >= 15 is 0 Å². The van der Waals surface area contributed by atoms with E-state index in [0.717, 1.165) is 16.7 Å². The Morgan fingerprint density at radius 3 is 2.35 bits per heavy atom. The molecule has 170 valence electrons. The number of fused-ring (bicyclic) bond motifs is 1. The quantitative estimate of drug-likeness (QED) is 0.159. The van der Waals surface area contributed by atoms with Gasteiger partial charge in [-0.05, 0) is 38.5 Å². The first-order chi connectivity index (χ1) is 16.2. The fraction of sp³-hybridized carbons (Fsp3) is 0.148. The van der Waals surface area contributed by atoms with E-state index in [9.17, 15) is 19.7 Å². The van der Waals surface area contributed by atoms with Gasteiger partial charge in [-0.3, -0.25) is 14.9 Å². The van der Waals surface area contributed by atoms with Gasteiger partial charge in [0.2, 0.25) is 5.78 Å². The molecule has 0 unspecified atom stereocenters. The van der Waals surface area contributed by atoms with Crippen molar-refractivity contribution in [3.63, 3.8) is 0 Å². The largest absolute Gasteiger partial charge is 0.454 e. The van der Waals surface area contributed by atoms with Crippen LogP contribution in [0.4, 0.5) is 5.69 Å². The van der Waals surface area contributed by atoms with Crippen LogP contribution in [-0.2, 0) is 4.74 Å². The van der Waals surface area contributed by atoms with E-state index in [1.807, 2.05) is 63.2 Å². The van der Waals surface area contributed by atoms with Crippen LogP contribution < -0.4 is 0 Å². The fourth-order valence-corrected chi connectivity index (χ4v) is 3.81. The molecule has 3 aromatic carbocycles. The smallest absolute Gasteiger partial charge is 0.339 e. The predicted octanol–water partition coefficient (Wildman–Crippen LogP) is 5.77. The maximum Gasteiger partial charge on any atom is 0.339 e. The Labute approximate surface area is 196 Å². The molecule has 0 aliphatic carbocycles. The lowest BCUT2D eigenvalue weighted by atomic mass is 9.96. The molecule has 34 heavy (non-hydrogen) atoms. The number of hydrogen-bond acceptors (Lipinski definition) is 6. The molecular formula is C27H22N2O5. The molecule has 0 saturated heterocycles. The summed E-state index contributed by atoms with van der Waals surface area (Å²) in [5, 5.41) is 11.6. The zero-order valence-electron chi connectivity index (χ0n) is 19.0. The molecule has 0 atom stereocenters. The van der Waals surface area contributed by atoms with E-state index in [1.54, 1.807) is 0 Å². The molecular weight excluding hydrogens is 432 g/mol. The van der Waals surface area contributed by atoms with Crippen molar-refractivity contribution < 1.29 is 19.2 Å². The average molecular weight is 454 g/mol. The first kappa shape index (κ1) is 22.8. The molecule has 4 aromatic rings. The van der Waals surface area contributed by atoms with Gasteiger partial charge in [-0.25, -0.2) is 9.78 Å². The van der Waals surface area contributed by atoms with E-state index in [4.69, 9.17) is 9.72 Å². The third-order valence-corrected chi connectivity index (χ3v) is 5.63. The number of nitrogens with zero attached hydrogens (tertiary/aromatic N) is 2. The van der Waals surface area contributed by atoms with Crippen LogP contribution in [0.3, 0.4) is 0 Å². The van der Waals surface area contributed by atoms with Crippen molar-refractivity contribution in [3.8, 4) is 11.3 Å². The summed E-state index contributed by atoms with van der Waals surface area (Å²) in [6.45, 7) is 5.19. The summed E-state index contributed by atoms with van der Waals surface area (Å²) in [6, 6.07) is 18.8. The van der Waals surface area contributed by atoms with Gasteiger partial charge in [0.05, 0.1) is 21.7 Å². The highest BCUT2D eigenvalue weighted by atomic mass is 16.6. The summed E-state index contributed by atoms with van der Waals surface area (Å²) in [6.07, 6.45) is 0. The van der Waals surface area contributed by atoms with Crippen LogP contribution in [0, 0.1) is 30.9 Å². The number of aromatic nitrogens is 1. The van der Waals surface area contributed by atoms with Crippen molar-refractivity contribution in [3.05, 3.63) is 105 Å². The summed E-state index contributed by atoms with van der Waals surface area (Å²) < 4.78 is 5.40. The number of rotatable bonds is 6. The number of ether oxygens (including phenoxy) is 1. The van der Waals surface area contributed by atoms with E-state index in [0.29, 0.717) is 27.7 Å². The van der Waals surface area contributed by atoms with Gasteiger partial charge in [0.1, 0.15) is 0 Å². The first-order valence-corrected chi connectivity index (χ1v) is 10.7. The molecule has 0 radical (unpaired) electrons. The standard InChI is InChI=1S/C27H22N2O5/c1-16-7-10-19(11-8-16)26-18(3)25(22-13-17(2)9-12-23(22)28-26)27(31)34-15-24(30)20-5-4-6-21(14-20)29(32)33/h4-14H,15H2,1-3H3. The number of esters is 1. The number of ketones is 1. The summed E-state index contributed by atoms with van der Waals surface area (Å²) >= 11 is 0. The number of hydrogen-bond donors (Lipinski definition) is 0. The molecule has 0 saturated carbocycles. The van der Waals surface area contributed by atoms with E-state index < -0.39 is 23.3 Å². The van der Waals surface area contributed by atoms with Gasteiger partial charge in [0.25, 0.3) is 5.69 Å². The number of non-ortho nitro benzene ring substituents is 1. The zero-order valence-corrected chi connectivity index (χ0v) is 19.0. The molecule has 0 amide bonds. The minimum atomic E-state index is -0.650. The Balaban J connectivity index is 1.70. The number of benzene rings is 3. The number of pyridine rings is 1. The summed E-state index contributed by atoms with van der Waals surface area (Å²) in [4.78, 5) is 41.0. The molecule has 0 bridgehead atoms. The average Bonchev–Trinajstić information content (AvgIpc) is 2.82. The van der Waals surface area contributed by atoms with Gasteiger partial charge in [-0.1, -0.05) is 53.6 Å². The number of nitro benzene ring substituents is 1. The van der Waals surface area contributed by atoms with Crippen LogP contribution in [0.15, 0.2) is 66.7 Å². The monoisotopic (exact) mass is 454 g/mol. The summed E-state index contributed by atoms with van der Waals surface area (Å²) in [5.41, 5.74) is 5.13. The first-order valence-electron chi connectivity index (χ1n) is 10.7. The zero-order chi connectivity index (χ0) is 24.4. The minimum Gasteiger partial charge on any atom is -0.454 e. The van der Waals surface area contributed by atoms with E-state index in [1.165, 1.54) is 24.3 Å². The second-order valence-electron chi connectivity index (χ2n) is 8.15. The van der Waals surface area contributed by atoms with Gasteiger partial charge >= 0.3 is 5.97 Å². The second kappa shape index (κ2) is 9.23. The third kappa shape index (κ3) is 4.54. The lowest BCUT2D eigenvalue weighted by molar-refractivity contribution is -0.384. The molecule has 0 fully saturated rings. The lowest BCUT2D eigenvalue weighted by Gasteiger charge is -2.15. The number of carbonyl (C=O) groups excluding carboxylic acids is 2. The predicted molar refractivity (Wildman–Crippen MR) is 129 cm³/mol. The molecule has 0 aliphatic heterocycles.